The standard InChI is InChI=1S/C24H28Cl2N4O7/c1-13(2)8-19(28-23(31)14(3)37-20-7-6-16(25)10-18(20)26)24(32)29-27-12-15-9-17(30(33)34)11-21(35-4)22(15)36-5/h6-7,9-14,19H,8H2,1-5H3,(H,28,31)(H,29,32)/b27-12-/t14-,19+/m0/s1. The van der Waals surface area contributed by atoms with Gasteiger partial charge in [0.2, 0.25) is 0 Å². The summed E-state index contributed by atoms with van der Waals surface area (Å²) < 4.78 is 16.0. The van der Waals surface area contributed by atoms with Crippen molar-refractivity contribution < 1.29 is 28.7 Å². The van der Waals surface area contributed by atoms with Crippen LogP contribution in [0.25, 0.3) is 0 Å². The van der Waals surface area contributed by atoms with Gasteiger partial charge in [0.25, 0.3) is 17.5 Å². The van der Waals surface area contributed by atoms with Crippen molar-refractivity contribution in [2.75, 3.05) is 14.2 Å². The summed E-state index contributed by atoms with van der Waals surface area (Å²) in [6.07, 6.45) is 0.538. The smallest absolute Gasteiger partial charge is 0.274 e. The second kappa shape index (κ2) is 13.7. The molecular weight excluding hydrogens is 527 g/mol. The molecule has 2 amide bonds. The van der Waals surface area contributed by atoms with E-state index >= 15 is 0 Å². The van der Waals surface area contributed by atoms with Gasteiger partial charge in [-0.3, -0.25) is 19.7 Å². The van der Waals surface area contributed by atoms with Gasteiger partial charge < -0.3 is 19.5 Å². The fourth-order valence-electron chi connectivity index (χ4n) is 3.23. The van der Waals surface area contributed by atoms with Crippen molar-refractivity contribution in [3.63, 3.8) is 0 Å². The molecule has 0 aromatic heterocycles. The third-order valence-electron chi connectivity index (χ3n) is 4.99. The van der Waals surface area contributed by atoms with E-state index in [4.69, 9.17) is 37.4 Å². The quantitative estimate of drug-likeness (QED) is 0.225. The lowest BCUT2D eigenvalue weighted by atomic mass is 10.0. The van der Waals surface area contributed by atoms with Gasteiger partial charge in [0.1, 0.15) is 11.8 Å². The number of hydrogen-bond acceptors (Lipinski definition) is 8. The van der Waals surface area contributed by atoms with Gasteiger partial charge >= 0.3 is 0 Å². The monoisotopic (exact) mass is 554 g/mol. The summed E-state index contributed by atoms with van der Waals surface area (Å²) >= 11 is 12.0. The molecule has 2 rings (SSSR count). The van der Waals surface area contributed by atoms with Crippen LogP contribution in [0.5, 0.6) is 17.2 Å². The van der Waals surface area contributed by atoms with E-state index in [1.54, 1.807) is 12.1 Å². The summed E-state index contributed by atoms with van der Waals surface area (Å²) in [7, 11) is 2.71. The number of hydrogen-bond donors (Lipinski definition) is 2. The Hall–Kier alpha value is -3.57. The number of carbonyl (C=O) groups excluding carboxylic acids is 2. The van der Waals surface area contributed by atoms with Gasteiger partial charge in [-0.15, -0.1) is 0 Å². The average molecular weight is 555 g/mol. The Bertz CT molecular complexity index is 1170. The van der Waals surface area contributed by atoms with Gasteiger partial charge in [0.15, 0.2) is 17.6 Å². The second-order valence-electron chi connectivity index (χ2n) is 8.29. The Labute approximate surface area is 224 Å². The van der Waals surface area contributed by atoms with Crippen LogP contribution in [0, 0.1) is 16.0 Å². The SMILES string of the molecule is COc1cc([N+](=O)[O-])cc(/C=N\NC(=O)[C@@H](CC(C)C)NC(=O)[C@H](C)Oc2ccc(Cl)cc2Cl)c1OC. The van der Waals surface area contributed by atoms with E-state index in [9.17, 15) is 19.7 Å². The third kappa shape index (κ3) is 8.50. The Morgan fingerprint density at radius 3 is 2.35 bits per heavy atom. The minimum atomic E-state index is -0.966. The zero-order valence-corrected chi connectivity index (χ0v) is 22.4. The Kier molecular flexibility index (Phi) is 10.9. The topological polar surface area (TPSA) is 141 Å². The largest absolute Gasteiger partial charge is 0.493 e. The first-order valence-corrected chi connectivity index (χ1v) is 11.9. The zero-order valence-electron chi connectivity index (χ0n) is 20.9. The number of amides is 2. The van der Waals surface area contributed by atoms with E-state index in [0.717, 1.165) is 0 Å². The van der Waals surface area contributed by atoms with Crippen molar-refractivity contribution >= 4 is 46.9 Å². The molecule has 0 aliphatic heterocycles. The fourth-order valence-corrected chi connectivity index (χ4v) is 3.68. The Morgan fingerprint density at radius 1 is 1.08 bits per heavy atom. The third-order valence-corrected chi connectivity index (χ3v) is 5.52. The molecule has 37 heavy (non-hydrogen) atoms. The maximum atomic E-state index is 12.8. The molecule has 0 aliphatic carbocycles. The van der Waals surface area contributed by atoms with Crippen LogP contribution in [0.3, 0.4) is 0 Å². The number of carbonyl (C=O) groups is 2. The molecule has 11 nitrogen and oxygen atoms in total. The van der Waals surface area contributed by atoms with Gasteiger partial charge in [-0.25, -0.2) is 5.43 Å². The first-order chi connectivity index (χ1) is 17.5. The van der Waals surface area contributed by atoms with Crippen LogP contribution in [0.15, 0.2) is 35.4 Å². The highest BCUT2D eigenvalue weighted by Gasteiger charge is 2.26. The number of halogens is 2. The van der Waals surface area contributed by atoms with E-state index in [2.05, 4.69) is 15.8 Å². The van der Waals surface area contributed by atoms with Gasteiger partial charge in [-0.05, 0) is 37.5 Å². The van der Waals surface area contributed by atoms with Crippen molar-refractivity contribution in [2.45, 2.75) is 39.3 Å². The van der Waals surface area contributed by atoms with Crippen LogP contribution in [-0.4, -0.2) is 49.3 Å². The fraction of sp³-hybridized carbons (Fsp3) is 0.375. The van der Waals surface area contributed by atoms with Crippen molar-refractivity contribution in [3.8, 4) is 17.2 Å². The first kappa shape index (κ1) is 29.7. The highest BCUT2D eigenvalue weighted by Crippen LogP contribution is 2.34. The molecule has 2 atom stereocenters. The molecule has 0 fully saturated rings. The Morgan fingerprint density at radius 2 is 1.78 bits per heavy atom. The summed E-state index contributed by atoms with van der Waals surface area (Å²) in [6.45, 7) is 5.30. The molecule has 0 unspecified atom stereocenters. The normalized spacial score (nSPS) is 12.6. The maximum absolute atomic E-state index is 12.8. The molecule has 2 N–H and O–H groups in total. The number of nitrogens with zero attached hydrogens (tertiary/aromatic N) is 2. The number of methoxy groups -OCH3 is 2. The number of nitrogens with one attached hydrogen (secondary N) is 2. The summed E-state index contributed by atoms with van der Waals surface area (Å²) in [4.78, 5) is 36.2. The summed E-state index contributed by atoms with van der Waals surface area (Å²) in [5, 5.41) is 18.5. The molecule has 0 radical (unpaired) electrons. The molecule has 200 valence electrons. The van der Waals surface area contributed by atoms with Crippen LogP contribution >= 0.6 is 23.2 Å². The lowest BCUT2D eigenvalue weighted by molar-refractivity contribution is -0.385. The summed E-state index contributed by atoms with van der Waals surface area (Å²) in [5.41, 5.74) is 2.32. The van der Waals surface area contributed by atoms with Crippen LogP contribution in [0.2, 0.25) is 10.0 Å². The van der Waals surface area contributed by atoms with Crippen LogP contribution in [0.1, 0.15) is 32.8 Å². The average Bonchev–Trinajstić information content (AvgIpc) is 2.84. The molecule has 0 aliphatic rings. The van der Waals surface area contributed by atoms with Crippen LogP contribution < -0.4 is 25.0 Å². The van der Waals surface area contributed by atoms with Gasteiger partial charge in [0, 0.05) is 16.7 Å². The zero-order chi connectivity index (χ0) is 27.7. The summed E-state index contributed by atoms with van der Waals surface area (Å²) in [6, 6.07) is 6.11. The maximum Gasteiger partial charge on any atom is 0.274 e. The minimum absolute atomic E-state index is 0.0584. The number of nitro benzene ring substituents is 1. The highest BCUT2D eigenvalue weighted by atomic mass is 35.5. The van der Waals surface area contributed by atoms with Gasteiger partial charge in [0.05, 0.1) is 36.4 Å². The predicted molar refractivity (Wildman–Crippen MR) is 140 cm³/mol. The van der Waals surface area contributed by atoms with Crippen molar-refractivity contribution in [2.24, 2.45) is 11.0 Å². The molecule has 0 saturated heterocycles. The summed E-state index contributed by atoms with van der Waals surface area (Å²) in [5.74, 6) is -0.478. The van der Waals surface area contributed by atoms with Gasteiger partial charge in [-0.2, -0.15) is 5.10 Å². The number of benzene rings is 2. The van der Waals surface area contributed by atoms with E-state index in [1.165, 1.54) is 45.6 Å². The van der Waals surface area contributed by atoms with E-state index < -0.39 is 28.9 Å². The lowest BCUT2D eigenvalue weighted by Gasteiger charge is -2.22. The number of rotatable bonds is 12. The number of non-ortho nitro benzene ring substituents is 1. The molecule has 2 aromatic carbocycles. The van der Waals surface area contributed by atoms with Crippen molar-refractivity contribution in [1.82, 2.24) is 10.7 Å². The molecule has 0 bridgehead atoms. The van der Waals surface area contributed by atoms with Crippen LogP contribution in [0.4, 0.5) is 5.69 Å². The lowest BCUT2D eigenvalue weighted by Crippen LogP contribution is -2.49. The number of hydrazone groups is 1. The van der Waals surface area contributed by atoms with E-state index in [1.807, 2.05) is 13.8 Å². The van der Waals surface area contributed by atoms with E-state index in [0.29, 0.717) is 11.4 Å². The van der Waals surface area contributed by atoms with Gasteiger partial charge in [-0.1, -0.05) is 37.0 Å². The van der Waals surface area contributed by atoms with Crippen LogP contribution in [-0.2, 0) is 9.59 Å². The Balaban J connectivity index is 2.15. The molecule has 13 heteroatoms. The van der Waals surface area contributed by atoms with E-state index in [-0.39, 0.29) is 39.4 Å². The minimum Gasteiger partial charge on any atom is -0.493 e. The number of ether oxygens (including phenoxy) is 3. The molecule has 0 saturated carbocycles. The molecule has 0 spiro atoms. The molecular formula is C24H28Cl2N4O7. The molecule has 2 aromatic rings. The first-order valence-electron chi connectivity index (χ1n) is 11.1. The van der Waals surface area contributed by atoms with Crippen molar-refractivity contribution in [3.05, 3.63) is 56.1 Å². The second-order valence-corrected chi connectivity index (χ2v) is 9.13. The highest BCUT2D eigenvalue weighted by molar-refractivity contribution is 6.35. The predicted octanol–water partition coefficient (Wildman–Crippen LogP) is 4.37. The number of nitro groups is 1. The molecule has 0 heterocycles. The van der Waals surface area contributed by atoms with Crippen molar-refractivity contribution in [1.29, 1.82) is 0 Å².